The summed E-state index contributed by atoms with van der Waals surface area (Å²) in [6.45, 7) is 0. The van der Waals surface area contributed by atoms with Gasteiger partial charge in [-0.05, 0) is 24.3 Å². The number of anilines is 1. The van der Waals surface area contributed by atoms with E-state index in [0.717, 1.165) is 6.20 Å². The van der Waals surface area contributed by atoms with Crippen LogP contribution in [0.25, 0.3) is 0 Å². The highest BCUT2D eigenvalue weighted by Crippen LogP contribution is 2.27. The van der Waals surface area contributed by atoms with Crippen LogP contribution >= 0.6 is 0 Å². The predicted octanol–water partition coefficient (Wildman–Crippen LogP) is 1.76. The van der Waals surface area contributed by atoms with Gasteiger partial charge in [-0.1, -0.05) is 0 Å². The number of hydrazine groups is 1. The number of benzene rings is 1. The summed E-state index contributed by atoms with van der Waals surface area (Å²) in [6, 6.07) is 7.36. The van der Waals surface area contributed by atoms with Crippen LogP contribution in [0.3, 0.4) is 0 Å². The van der Waals surface area contributed by atoms with Crippen LogP contribution in [0.5, 0.6) is 11.5 Å². The predicted molar refractivity (Wildman–Crippen MR) is 81.5 cm³/mol. The van der Waals surface area contributed by atoms with E-state index in [0.29, 0.717) is 17.1 Å². The van der Waals surface area contributed by atoms with Gasteiger partial charge in [-0.3, -0.25) is 25.8 Å². The Balaban J connectivity index is 2.03. The lowest BCUT2D eigenvalue weighted by Crippen LogP contribution is -2.29. The molecule has 1 amide bonds. The molecule has 0 spiro atoms. The van der Waals surface area contributed by atoms with Crippen molar-refractivity contribution in [1.29, 1.82) is 0 Å². The van der Waals surface area contributed by atoms with Crippen molar-refractivity contribution in [3.05, 3.63) is 52.2 Å². The third-order valence-electron chi connectivity index (χ3n) is 2.91. The summed E-state index contributed by atoms with van der Waals surface area (Å²) in [6.07, 6.45) is 1.09. The quantitative estimate of drug-likeness (QED) is 0.616. The van der Waals surface area contributed by atoms with Gasteiger partial charge in [0.1, 0.15) is 12.0 Å². The number of hydrogen-bond acceptors (Lipinski definition) is 7. The molecule has 9 nitrogen and oxygen atoms in total. The second kappa shape index (κ2) is 7.07. The van der Waals surface area contributed by atoms with Crippen LogP contribution in [0.15, 0.2) is 36.5 Å². The molecule has 1 aromatic heterocycles. The number of nitrogens with zero attached hydrogens (tertiary/aromatic N) is 2. The Kier molecular flexibility index (Phi) is 4.92. The molecule has 2 aromatic rings. The van der Waals surface area contributed by atoms with Crippen molar-refractivity contribution in [1.82, 2.24) is 10.4 Å². The van der Waals surface area contributed by atoms with Gasteiger partial charge in [-0.25, -0.2) is 4.98 Å². The minimum absolute atomic E-state index is 0.137. The Labute approximate surface area is 131 Å². The van der Waals surface area contributed by atoms with Crippen LogP contribution in [-0.4, -0.2) is 30.0 Å². The van der Waals surface area contributed by atoms with Gasteiger partial charge in [0.15, 0.2) is 11.5 Å². The summed E-state index contributed by atoms with van der Waals surface area (Å²) in [5.74, 6) is 0.776. The maximum Gasteiger partial charge on any atom is 0.287 e. The van der Waals surface area contributed by atoms with Gasteiger partial charge < -0.3 is 9.47 Å². The van der Waals surface area contributed by atoms with E-state index in [1.807, 2.05) is 0 Å². The number of pyridine rings is 1. The summed E-state index contributed by atoms with van der Waals surface area (Å²) in [4.78, 5) is 25.8. The Morgan fingerprint density at radius 3 is 2.48 bits per heavy atom. The minimum atomic E-state index is -0.557. The van der Waals surface area contributed by atoms with E-state index in [1.54, 1.807) is 12.1 Å². The van der Waals surface area contributed by atoms with Crippen LogP contribution in [0.4, 0.5) is 11.5 Å². The summed E-state index contributed by atoms with van der Waals surface area (Å²) in [5.41, 5.74) is 5.21. The van der Waals surface area contributed by atoms with Crippen molar-refractivity contribution < 1.29 is 19.2 Å². The number of carbonyl (C=O) groups excluding carboxylic acids is 1. The van der Waals surface area contributed by atoms with Crippen molar-refractivity contribution in [2.75, 3.05) is 19.6 Å². The smallest absolute Gasteiger partial charge is 0.287 e. The lowest BCUT2D eigenvalue weighted by Gasteiger charge is -2.10. The van der Waals surface area contributed by atoms with Gasteiger partial charge in [-0.15, -0.1) is 0 Å². The Bertz CT molecular complexity index is 718. The summed E-state index contributed by atoms with van der Waals surface area (Å²) in [7, 11) is 2.97. The summed E-state index contributed by atoms with van der Waals surface area (Å²) in [5, 5.41) is 10.5. The first kappa shape index (κ1) is 16.0. The topological polar surface area (TPSA) is 116 Å². The number of methoxy groups -OCH3 is 2. The average molecular weight is 318 g/mol. The van der Waals surface area contributed by atoms with Crippen molar-refractivity contribution in [2.45, 2.75) is 0 Å². The molecule has 0 bridgehead atoms. The number of nitrogens with one attached hydrogen (secondary N) is 2. The monoisotopic (exact) mass is 318 g/mol. The van der Waals surface area contributed by atoms with Gasteiger partial charge >= 0.3 is 0 Å². The fraction of sp³-hybridized carbons (Fsp3) is 0.143. The third kappa shape index (κ3) is 3.84. The molecule has 0 fully saturated rings. The number of carbonyl (C=O) groups is 1. The molecular weight excluding hydrogens is 304 g/mol. The molecule has 9 heteroatoms. The van der Waals surface area contributed by atoms with Crippen molar-refractivity contribution in [3.63, 3.8) is 0 Å². The van der Waals surface area contributed by atoms with E-state index in [2.05, 4.69) is 15.8 Å². The Morgan fingerprint density at radius 1 is 1.17 bits per heavy atom. The Hall–Kier alpha value is -3.36. The maximum atomic E-state index is 12.1. The van der Waals surface area contributed by atoms with Gasteiger partial charge in [0.25, 0.3) is 11.6 Å². The van der Waals surface area contributed by atoms with E-state index in [1.165, 1.54) is 32.4 Å². The summed E-state index contributed by atoms with van der Waals surface area (Å²) >= 11 is 0. The largest absolute Gasteiger partial charge is 0.493 e. The highest BCUT2D eigenvalue weighted by molar-refractivity contribution is 5.95. The molecule has 0 unspecified atom stereocenters. The van der Waals surface area contributed by atoms with Gasteiger partial charge in [0.05, 0.1) is 19.1 Å². The van der Waals surface area contributed by atoms with Crippen molar-refractivity contribution in [3.8, 4) is 11.5 Å². The lowest BCUT2D eigenvalue weighted by atomic mass is 10.2. The number of hydrogen-bond donors (Lipinski definition) is 2. The molecule has 0 radical (unpaired) electrons. The minimum Gasteiger partial charge on any atom is -0.493 e. The molecule has 0 atom stereocenters. The van der Waals surface area contributed by atoms with Gasteiger partial charge in [-0.2, -0.15) is 0 Å². The molecule has 2 rings (SSSR count). The highest BCUT2D eigenvalue weighted by atomic mass is 16.6. The van der Waals surface area contributed by atoms with E-state index in [4.69, 9.17) is 9.47 Å². The van der Waals surface area contributed by atoms with E-state index < -0.39 is 10.8 Å². The molecule has 0 saturated carbocycles. The third-order valence-corrected chi connectivity index (χ3v) is 2.91. The molecule has 1 aromatic carbocycles. The van der Waals surface area contributed by atoms with Crippen LogP contribution in [0.1, 0.15) is 10.4 Å². The molecule has 2 N–H and O–H groups in total. The number of amides is 1. The molecule has 1 heterocycles. The zero-order valence-electron chi connectivity index (χ0n) is 12.4. The van der Waals surface area contributed by atoms with E-state index in [9.17, 15) is 14.9 Å². The van der Waals surface area contributed by atoms with Crippen LogP contribution in [0, 0.1) is 10.1 Å². The fourth-order valence-corrected chi connectivity index (χ4v) is 1.74. The SMILES string of the molecule is COc1ccc(C(=O)NNc2ccc([N+](=O)[O-])cn2)cc1OC. The first-order valence-corrected chi connectivity index (χ1v) is 6.44. The van der Waals surface area contributed by atoms with Crippen molar-refractivity contribution >= 4 is 17.4 Å². The molecule has 23 heavy (non-hydrogen) atoms. The summed E-state index contributed by atoms with van der Waals surface area (Å²) < 4.78 is 10.2. The van der Waals surface area contributed by atoms with Crippen LogP contribution < -0.4 is 20.3 Å². The van der Waals surface area contributed by atoms with E-state index in [-0.39, 0.29) is 11.5 Å². The van der Waals surface area contributed by atoms with Crippen LogP contribution in [-0.2, 0) is 0 Å². The molecule has 120 valence electrons. The molecule has 0 aliphatic heterocycles. The number of nitro groups is 1. The zero-order chi connectivity index (χ0) is 16.8. The fourth-order valence-electron chi connectivity index (χ4n) is 1.74. The van der Waals surface area contributed by atoms with Crippen LogP contribution in [0.2, 0.25) is 0 Å². The number of aromatic nitrogens is 1. The van der Waals surface area contributed by atoms with Gasteiger partial charge in [0.2, 0.25) is 0 Å². The normalized spacial score (nSPS) is 9.83. The zero-order valence-corrected chi connectivity index (χ0v) is 12.4. The average Bonchev–Trinajstić information content (AvgIpc) is 2.59. The maximum absolute atomic E-state index is 12.1. The first-order chi connectivity index (χ1) is 11.0. The van der Waals surface area contributed by atoms with Crippen molar-refractivity contribution in [2.24, 2.45) is 0 Å². The lowest BCUT2D eigenvalue weighted by molar-refractivity contribution is -0.385. The number of rotatable bonds is 6. The second-order valence-electron chi connectivity index (χ2n) is 4.31. The standard InChI is InChI=1S/C14H14N4O5/c1-22-11-5-3-9(7-12(11)23-2)14(19)17-16-13-6-4-10(8-15-13)18(20)21/h3-8H,1-2H3,(H,15,16)(H,17,19). The molecule has 0 aliphatic rings. The first-order valence-electron chi connectivity index (χ1n) is 6.44. The van der Waals surface area contributed by atoms with Gasteiger partial charge in [0, 0.05) is 11.6 Å². The number of ether oxygens (including phenoxy) is 2. The highest BCUT2D eigenvalue weighted by Gasteiger charge is 2.11. The molecular formula is C14H14N4O5. The second-order valence-corrected chi connectivity index (χ2v) is 4.31. The molecule has 0 aliphatic carbocycles. The molecule has 0 saturated heterocycles. The Morgan fingerprint density at radius 2 is 1.91 bits per heavy atom. The van der Waals surface area contributed by atoms with E-state index >= 15 is 0 Å².